The Morgan fingerprint density at radius 2 is 1.43 bits per heavy atom. The molecule has 0 fully saturated rings. The second-order valence-electron chi connectivity index (χ2n) is 5.90. The van der Waals surface area contributed by atoms with Crippen molar-refractivity contribution < 1.29 is 0 Å². The van der Waals surface area contributed by atoms with Crippen molar-refractivity contribution in [2.45, 2.75) is 58.8 Å². The zero-order valence-electron chi connectivity index (χ0n) is 10.8. The quantitative estimate of drug-likeness (QED) is 0.644. The maximum Gasteiger partial charge on any atom is 0.0510 e. The SMILES string of the molecule is CC(C)C[Si](C)(CCCN)CC(C)C. The van der Waals surface area contributed by atoms with E-state index in [9.17, 15) is 0 Å². The highest BCUT2D eigenvalue weighted by atomic mass is 28.3. The summed E-state index contributed by atoms with van der Waals surface area (Å²) in [7, 11) is -0.977. The van der Waals surface area contributed by atoms with E-state index in [1.54, 1.807) is 0 Å². The molecule has 0 atom stereocenters. The molecule has 0 aromatic carbocycles. The monoisotopic (exact) mass is 215 g/mol. The van der Waals surface area contributed by atoms with Crippen LogP contribution in [0.15, 0.2) is 0 Å². The highest BCUT2D eigenvalue weighted by Crippen LogP contribution is 2.29. The molecule has 86 valence electrons. The Morgan fingerprint density at radius 1 is 1.00 bits per heavy atom. The van der Waals surface area contributed by atoms with Gasteiger partial charge in [0.05, 0.1) is 8.07 Å². The van der Waals surface area contributed by atoms with Gasteiger partial charge in [-0.25, -0.2) is 0 Å². The van der Waals surface area contributed by atoms with E-state index in [1.807, 2.05) is 0 Å². The highest BCUT2D eigenvalue weighted by Gasteiger charge is 2.27. The first kappa shape index (κ1) is 14.2. The third kappa shape index (κ3) is 6.60. The van der Waals surface area contributed by atoms with E-state index in [2.05, 4.69) is 34.2 Å². The van der Waals surface area contributed by atoms with Gasteiger partial charge in [-0.15, -0.1) is 0 Å². The molecule has 0 aliphatic heterocycles. The van der Waals surface area contributed by atoms with E-state index in [-0.39, 0.29) is 0 Å². The molecule has 0 aliphatic carbocycles. The van der Waals surface area contributed by atoms with Gasteiger partial charge in [-0.2, -0.15) is 0 Å². The van der Waals surface area contributed by atoms with Crippen molar-refractivity contribution >= 4 is 8.07 Å². The molecule has 0 rings (SSSR count). The van der Waals surface area contributed by atoms with E-state index in [4.69, 9.17) is 5.73 Å². The fourth-order valence-electron chi connectivity index (χ4n) is 2.79. The van der Waals surface area contributed by atoms with Crippen LogP contribution in [0.25, 0.3) is 0 Å². The first-order valence-electron chi connectivity index (χ1n) is 6.09. The molecule has 0 saturated carbocycles. The van der Waals surface area contributed by atoms with Crippen LogP contribution < -0.4 is 5.73 Å². The summed E-state index contributed by atoms with van der Waals surface area (Å²) >= 11 is 0. The molecule has 0 unspecified atom stereocenters. The van der Waals surface area contributed by atoms with Crippen LogP contribution in [0.4, 0.5) is 0 Å². The first-order chi connectivity index (χ1) is 6.39. The minimum Gasteiger partial charge on any atom is -0.330 e. The molecule has 1 nitrogen and oxygen atoms in total. The molecule has 0 aromatic heterocycles. The molecular weight excluding hydrogens is 186 g/mol. The molecule has 0 radical (unpaired) electrons. The molecule has 0 amide bonds. The summed E-state index contributed by atoms with van der Waals surface area (Å²) in [6, 6.07) is 4.39. The molecule has 2 heteroatoms. The van der Waals surface area contributed by atoms with Gasteiger partial charge >= 0.3 is 0 Å². The lowest BCUT2D eigenvalue weighted by Gasteiger charge is -2.31. The van der Waals surface area contributed by atoms with Crippen molar-refractivity contribution in [3.8, 4) is 0 Å². The van der Waals surface area contributed by atoms with Crippen molar-refractivity contribution in [3.63, 3.8) is 0 Å². The van der Waals surface area contributed by atoms with Gasteiger partial charge in [0, 0.05) is 0 Å². The topological polar surface area (TPSA) is 26.0 Å². The van der Waals surface area contributed by atoms with E-state index < -0.39 is 8.07 Å². The Labute approximate surface area is 91.5 Å². The predicted octanol–water partition coefficient (Wildman–Crippen LogP) is 3.73. The van der Waals surface area contributed by atoms with Crippen LogP contribution in [0.1, 0.15) is 34.1 Å². The fourth-order valence-corrected chi connectivity index (χ4v) is 8.36. The molecule has 0 aromatic rings. The van der Waals surface area contributed by atoms with Crippen LogP contribution in [0.5, 0.6) is 0 Å². The Morgan fingerprint density at radius 3 is 1.71 bits per heavy atom. The van der Waals surface area contributed by atoms with Crippen LogP contribution in [0.2, 0.25) is 24.7 Å². The van der Waals surface area contributed by atoms with Gasteiger partial charge in [0.15, 0.2) is 0 Å². The maximum absolute atomic E-state index is 5.62. The molecule has 0 saturated heterocycles. The lowest BCUT2D eigenvalue weighted by Crippen LogP contribution is -2.33. The summed E-state index contributed by atoms with van der Waals surface area (Å²) in [6.07, 6.45) is 1.24. The molecule has 0 bridgehead atoms. The molecule has 0 spiro atoms. The minimum atomic E-state index is -0.977. The standard InChI is InChI=1S/C12H29NSi/c1-11(2)9-14(5,8-6-7-13)10-12(3)4/h11-12H,6-10,13H2,1-5H3. The molecule has 0 aliphatic rings. The van der Waals surface area contributed by atoms with Gasteiger partial charge in [-0.1, -0.05) is 52.4 Å². The predicted molar refractivity (Wildman–Crippen MR) is 69.4 cm³/mol. The minimum absolute atomic E-state index is 0.864. The van der Waals surface area contributed by atoms with Gasteiger partial charge in [0.25, 0.3) is 0 Å². The molecule has 0 heterocycles. The zero-order chi connectivity index (χ0) is 11.2. The van der Waals surface area contributed by atoms with Crippen molar-refractivity contribution in [2.75, 3.05) is 6.54 Å². The second kappa shape index (κ2) is 6.62. The highest BCUT2D eigenvalue weighted by molar-refractivity contribution is 6.78. The first-order valence-corrected chi connectivity index (χ1v) is 9.22. The summed E-state index contributed by atoms with van der Waals surface area (Å²) in [5.41, 5.74) is 5.62. The number of nitrogens with two attached hydrogens (primary N) is 1. The largest absolute Gasteiger partial charge is 0.330 e. The summed E-state index contributed by atoms with van der Waals surface area (Å²) in [5.74, 6) is 1.73. The number of hydrogen-bond acceptors (Lipinski definition) is 1. The number of rotatable bonds is 7. The van der Waals surface area contributed by atoms with E-state index in [1.165, 1.54) is 24.6 Å². The van der Waals surface area contributed by atoms with Crippen LogP contribution in [0.3, 0.4) is 0 Å². The summed E-state index contributed by atoms with van der Waals surface area (Å²) in [6.45, 7) is 12.9. The maximum atomic E-state index is 5.62. The molecular formula is C12H29NSi. The number of hydrogen-bond donors (Lipinski definition) is 1. The second-order valence-corrected chi connectivity index (χ2v) is 10.8. The van der Waals surface area contributed by atoms with Gasteiger partial charge in [0.1, 0.15) is 0 Å². The van der Waals surface area contributed by atoms with Crippen molar-refractivity contribution in [1.29, 1.82) is 0 Å². The van der Waals surface area contributed by atoms with Gasteiger partial charge in [-0.05, 0) is 24.8 Å². The normalized spacial score (nSPS) is 12.9. The summed E-state index contributed by atoms with van der Waals surface area (Å²) < 4.78 is 0. The Kier molecular flexibility index (Phi) is 6.71. The molecule has 2 N–H and O–H groups in total. The Bertz CT molecular complexity index is 133. The van der Waals surface area contributed by atoms with Crippen molar-refractivity contribution in [3.05, 3.63) is 0 Å². The Balaban J connectivity index is 4.17. The van der Waals surface area contributed by atoms with Crippen LogP contribution >= 0.6 is 0 Å². The van der Waals surface area contributed by atoms with Gasteiger partial charge < -0.3 is 5.73 Å². The van der Waals surface area contributed by atoms with Gasteiger partial charge in [0.2, 0.25) is 0 Å². The average Bonchev–Trinajstić information content (AvgIpc) is 1.97. The third-order valence-electron chi connectivity index (χ3n) is 2.79. The average molecular weight is 215 g/mol. The van der Waals surface area contributed by atoms with E-state index >= 15 is 0 Å². The Hall–Kier alpha value is 0.177. The zero-order valence-corrected chi connectivity index (χ0v) is 11.8. The van der Waals surface area contributed by atoms with Gasteiger partial charge in [-0.3, -0.25) is 0 Å². The van der Waals surface area contributed by atoms with E-state index in [0.29, 0.717) is 0 Å². The van der Waals surface area contributed by atoms with E-state index in [0.717, 1.165) is 18.4 Å². The fraction of sp³-hybridized carbons (Fsp3) is 1.00. The third-order valence-corrected chi connectivity index (χ3v) is 7.95. The lowest BCUT2D eigenvalue weighted by molar-refractivity contribution is 0.671. The molecule has 14 heavy (non-hydrogen) atoms. The van der Waals surface area contributed by atoms with Crippen LogP contribution in [0, 0.1) is 11.8 Å². The lowest BCUT2D eigenvalue weighted by atomic mass is 10.3. The summed E-state index contributed by atoms with van der Waals surface area (Å²) in [5, 5.41) is 0. The van der Waals surface area contributed by atoms with Crippen molar-refractivity contribution in [1.82, 2.24) is 0 Å². The van der Waals surface area contributed by atoms with Crippen LogP contribution in [-0.2, 0) is 0 Å². The summed E-state index contributed by atoms with van der Waals surface area (Å²) in [4.78, 5) is 0. The van der Waals surface area contributed by atoms with Crippen LogP contribution in [-0.4, -0.2) is 14.6 Å². The smallest absolute Gasteiger partial charge is 0.0510 e. The van der Waals surface area contributed by atoms with Crippen molar-refractivity contribution in [2.24, 2.45) is 17.6 Å².